The molecule has 1 amide bonds. The lowest BCUT2D eigenvalue weighted by Crippen LogP contribution is -2.57. The van der Waals surface area contributed by atoms with Crippen LogP contribution in [0, 0.1) is 0 Å². The van der Waals surface area contributed by atoms with Gasteiger partial charge in [-0.05, 0) is 36.6 Å². The first kappa shape index (κ1) is 42.6. The molecule has 3 aromatic rings. The first-order valence-electron chi connectivity index (χ1n) is 14.2. The molecule has 52 heavy (non-hydrogen) atoms. The van der Waals surface area contributed by atoms with Gasteiger partial charge in [-0.1, -0.05) is 6.07 Å². The first-order valence-corrected chi connectivity index (χ1v) is 14.2. The normalized spacial score (nSPS) is 15.3. The minimum atomic E-state index is -5.08. The Hall–Kier alpha value is -5.55. The largest absolute Gasteiger partial charge is 0.490 e. The minimum absolute atomic E-state index is 0.276. The van der Waals surface area contributed by atoms with Crippen molar-refractivity contribution in [3.63, 3.8) is 0 Å². The zero-order valence-corrected chi connectivity index (χ0v) is 26.5. The Kier molecular flexibility index (Phi) is 14.4. The van der Waals surface area contributed by atoms with Gasteiger partial charge in [0.15, 0.2) is 11.6 Å². The summed E-state index contributed by atoms with van der Waals surface area (Å²) in [7, 11) is 1.42. The van der Waals surface area contributed by atoms with Gasteiger partial charge in [0.1, 0.15) is 0 Å². The quantitative estimate of drug-likeness (QED) is 0.321. The fourth-order valence-electron chi connectivity index (χ4n) is 4.77. The fraction of sp³-hybridized carbons (Fsp3) is 0.429. The summed E-state index contributed by atoms with van der Waals surface area (Å²) in [6, 6.07) is 7.99. The molecule has 0 aromatic carbocycles. The van der Waals surface area contributed by atoms with Crippen molar-refractivity contribution in [2.75, 3.05) is 26.7 Å². The summed E-state index contributed by atoms with van der Waals surface area (Å²) in [4.78, 5) is 51.8. The molecule has 3 N–H and O–H groups in total. The standard InChI is InChI=1S/C22H25N7O2.3C2HF3O2/c1-31-21(30)28-15-19-25-26-20(18-5-3-9-24-13-18)29(19)22(16-28)6-10-27(11-7-22)14-17-4-2-8-23-12-17;3*3-2(4,5)1(6)7/h2-5,8-9,12-13H,6-7,10-11,14-16H2,1H3;3*(H,6,7). The molecule has 1 saturated heterocycles. The van der Waals surface area contributed by atoms with Crippen molar-refractivity contribution in [2.24, 2.45) is 0 Å². The van der Waals surface area contributed by atoms with Crippen LogP contribution >= 0.6 is 0 Å². The second-order valence-corrected chi connectivity index (χ2v) is 10.6. The lowest BCUT2D eigenvalue weighted by atomic mass is 9.84. The monoisotopic (exact) mass is 761 g/mol. The van der Waals surface area contributed by atoms with E-state index in [0.29, 0.717) is 13.1 Å². The molecule has 5 heterocycles. The van der Waals surface area contributed by atoms with Crippen LogP contribution in [-0.2, 0) is 37.7 Å². The highest BCUT2D eigenvalue weighted by atomic mass is 19.4. The van der Waals surface area contributed by atoms with Crippen LogP contribution in [0.4, 0.5) is 44.3 Å². The van der Waals surface area contributed by atoms with Crippen LogP contribution < -0.4 is 0 Å². The van der Waals surface area contributed by atoms with Gasteiger partial charge in [0, 0.05) is 56.5 Å². The number of alkyl halides is 9. The highest BCUT2D eigenvalue weighted by Gasteiger charge is 2.46. The minimum Gasteiger partial charge on any atom is -0.475 e. The average molecular weight is 762 g/mol. The Morgan fingerprint density at radius 2 is 1.27 bits per heavy atom. The van der Waals surface area contributed by atoms with Gasteiger partial charge in [-0.25, -0.2) is 19.2 Å². The van der Waals surface area contributed by atoms with Gasteiger partial charge in [0.2, 0.25) is 0 Å². The van der Waals surface area contributed by atoms with E-state index in [0.717, 1.165) is 49.7 Å². The van der Waals surface area contributed by atoms with E-state index in [1.165, 1.54) is 12.7 Å². The van der Waals surface area contributed by atoms with E-state index < -0.39 is 36.4 Å². The number of carbonyl (C=O) groups is 4. The number of aliphatic carboxylic acids is 3. The maximum absolute atomic E-state index is 12.4. The Morgan fingerprint density at radius 3 is 1.67 bits per heavy atom. The maximum atomic E-state index is 12.4. The van der Waals surface area contributed by atoms with Crippen molar-refractivity contribution >= 4 is 24.0 Å². The molecule has 286 valence electrons. The molecule has 1 spiro atoms. The third-order valence-electron chi connectivity index (χ3n) is 7.02. The van der Waals surface area contributed by atoms with Crippen LogP contribution in [0.1, 0.15) is 24.2 Å². The SMILES string of the molecule is COC(=O)N1Cc2nnc(-c3cccnc3)n2C2(CCN(Cc3cccnc3)CC2)C1.O=C(O)C(F)(F)F.O=C(O)C(F)(F)F.O=C(O)C(F)(F)F. The topological polar surface area (TPSA) is 201 Å². The summed E-state index contributed by atoms with van der Waals surface area (Å²) in [5.41, 5.74) is 1.87. The smallest absolute Gasteiger partial charge is 0.475 e. The van der Waals surface area contributed by atoms with Crippen LogP contribution in [0.3, 0.4) is 0 Å². The van der Waals surface area contributed by atoms with Crippen molar-refractivity contribution in [1.29, 1.82) is 0 Å². The zero-order chi connectivity index (χ0) is 39.5. The first-order chi connectivity index (χ1) is 24.0. The predicted molar refractivity (Wildman–Crippen MR) is 154 cm³/mol. The number of carboxylic acids is 3. The van der Waals surface area contributed by atoms with Crippen LogP contribution in [0.2, 0.25) is 0 Å². The number of aromatic nitrogens is 5. The van der Waals surface area contributed by atoms with Crippen molar-refractivity contribution in [1.82, 2.24) is 34.5 Å². The summed E-state index contributed by atoms with van der Waals surface area (Å²) < 4.78 is 102. The number of piperidine rings is 1. The summed E-state index contributed by atoms with van der Waals surface area (Å²) in [5, 5.41) is 30.3. The molecular weight excluding hydrogens is 733 g/mol. The van der Waals surface area contributed by atoms with Gasteiger partial charge in [0.25, 0.3) is 0 Å². The van der Waals surface area contributed by atoms with E-state index in [2.05, 4.69) is 35.7 Å². The number of methoxy groups -OCH3 is 1. The lowest BCUT2D eigenvalue weighted by molar-refractivity contribution is -0.193. The molecular formula is C28H28F9N7O8. The third kappa shape index (κ3) is 12.3. The number of amides is 1. The number of hydrogen-bond donors (Lipinski definition) is 3. The molecule has 0 unspecified atom stereocenters. The fourth-order valence-corrected chi connectivity index (χ4v) is 4.77. The summed E-state index contributed by atoms with van der Waals surface area (Å²) in [6.45, 7) is 3.66. The number of fused-ring (bicyclic) bond motifs is 2. The van der Waals surface area contributed by atoms with Gasteiger partial charge in [-0.3, -0.25) is 19.8 Å². The molecule has 0 bridgehead atoms. The van der Waals surface area contributed by atoms with Gasteiger partial charge in [-0.2, -0.15) is 39.5 Å². The van der Waals surface area contributed by atoms with E-state index in [9.17, 15) is 44.3 Å². The molecule has 1 fully saturated rings. The number of nitrogens with zero attached hydrogens (tertiary/aromatic N) is 7. The lowest BCUT2D eigenvalue weighted by Gasteiger charge is -2.48. The van der Waals surface area contributed by atoms with E-state index in [1.54, 1.807) is 17.3 Å². The number of hydrogen-bond acceptors (Lipinski definition) is 10. The number of carboxylic acid groups (broad SMARTS) is 3. The van der Waals surface area contributed by atoms with E-state index in [1.807, 2.05) is 30.6 Å². The molecule has 0 atom stereocenters. The van der Waals surface area contributed by atoms with Crippen LogP contribution in [-0.4, -0.2) is 119 Å². The van der Waals surface area contributed by atoms with Crippen LogP contribution in [0.25, 0.3) is 11.4 Å². The molecule has 24 heteroatoms. The Balaban J connectivity index is 0.000000365. The van der Waals surface area contributed by atoms with Gasteiger partial charge < -0.3 is 24.6 Å². The van der Waals surface area contributed by atoms with Crippen LogP contribution in [0.5, 0.6) is 0 Å². The molecule has 3 aromatic heterocycles. The Labute approximate surface area is 286 Å². The van der Waals surface area contributed by atoms with Gasteiger partial charge in [-0.15, -0.1) is 10.2 Å². The molecule has 5 rings (SSSR count). The van der Waals surface area contributed by atoms with Gasteiger partial charge >= 0.3 is 42.5 Å². The van der Waals surface area contributed by atoms with Gasteiger partial charge in [0.05, 0.1) is 19.2 Å². The number of pyridine rings is 2. The number of halogens is 9. The number of ether oxygens (including phenoxy) is 1. The van der Waals surface area contributed by atoms with Crippen molar-refractivity contribution in [3.8, 4) is 11.4 Å². The van der Waals surface area contributed by atoms with Crippen LogP contribution in [0.15, 0.2) is 49.1 Å². The molecule has 0 radical (unpaired) electrons. The van der Waals surface area contributed by atoms with E-state index >= 15 is 0 Å². The van der Waals surface area contributed by atoms with Crippen molar-refractivity contribution in [2.45, 2.75) is 50.0 Å². The second-order valence-electron chi connectivity index (χ2n) is 10.6. The average Bonchev–Trinajstić information content (AvgIpc) is 3.51. The molecule has 0 saturated carbocycles. The maximum Gasteiger partial charge on any atom is 0.490 e. The Bertz CT molecular complexity index is 1590. The number of rotatable bonds is 3. The second kappa shape index (κ2) is 17.6. The third-order valence-corrected chi connectivity index (χ3v) is 7.02. The van der Waals surface area contributed by atoms with Crippen molar-refractivity contribution in [3.05, 3.63) is 60.4 Å². The number of carbonyl (C=O) groups excluding carboxylic acids is 1. The zero-order valence-electron chi connectivity index (χ0n) is 26.5. The molecule has 2 aliphatic rings. The summed E-state index contributed by atoms with van der Waals surface area (Å²) in [6.07, 6.45) is -6.52. The highest BCUT2D eigenvalue weighted by Crippen LogP contribution is 2.39. The van der Waals surface area contributed by atoms with E-state index in [-0.39, 0.29) is 11.6 Å². The Morgan fingerprint density at radius 1 is 0.788 bits per heavy atom. The molecule has 2 aliphatic heterocycles. The number of likely N-dealkylation sites (tertiary alicyclic amines) is 1. The summed E-state index contributed by atoms with van der Waals surface area (Å²) >= 11 is 0. The van der Waals surface area contributed by atoms with Crippen molar-refractivity contribution < 1.29 is 78.7 Å². The summed E-state index contributed by atoms with van der Waals surface area (Å²) in [5.74, 6) is -6.67. The molecule has 15 nitrogen and oxygen atoms in total. The highest BCUT2D eigenvalue weighted by molar-refractivity contribution is 5.73. The predicted octanol–water partition coefficient (Wildman–Crippen LogP) is 4.21. The molecule has 0 aliphatic carbocycles. The van der Waals surface area contributed by atoms with E-state index in [4.69, 9.17) is 34.4 Å².